The minimum atomic E-state index is 0.216. The molecule has 4 nitrogen and oxygen atoms in total. The molecule has 1 unspecified atom stereocenters. The maximum Gasteiger partial charge on any atom is 0.0946 e. The van der Waals surface area contributed by atoms with Gasteiger partial charge in [-0.1, -0.05) is 18.2 Å². The summed E-state index contributed by atoms with van der Waals surface area (Å²) in [6.45, 7) is 1.77. The number of aryl methyl sites for hydroxylation is 1. The van der Waals surface area contributed by atoms with Gasteiger partial charge in [-0.3, -0.25) is 0 Å². The van der Waals surface area contributed by atoms with E-state index in [1.165, 1.54) is 16.9 Å². The second-order valence-corrected chi connectivity index (χ2v) is 4.97. The van der Waals surface area contributed by atoms with Gasteiger partial charge in [0.05, 0.1) is 18.6 Å². The third kappa shape index (κ3) is 1.99. The minimum absolute atomic E-state index is 0.216. The van der Waals surface area contributed by atoms with Gasteiger partial charge >= 0.3 is 0 Å². The van der Waals surface area contributed by atoms with Crippen LogP contribution in [0, 0.1) is 0 Å². The van der Waals surface area contributed by atoms with Crippen LogP contribution in [-0.2, 0) is 20.0 Å². The molecular formula is C14H18N4. The number of hydrogen-bond donors (Lipinski definition) is 1. The van der Waals surface area contributed by atoms with Crippen molar-refractivity contribution in [2.24, 2.45) is 12.8 Å². The number of rotatable bonds is 2. The number of nitrogens with zero attached hydrogens (tertiary/aromatic N) is 3. The van der Waals surface area contributed by atoms with E-state index in [0.717, 1.165) is 19.5 Å². The molecule has 18 heavy (non-hydrogen) atoms. The summed E-state index contributed by atoms with van der Waals surface area (Å²) in [5, 5.41) is 0. The van der Waals surface area contributed by atoms with Gasteiger partial charge < -0.3 is 15.2 Å². The Morgan fingerprint density at radius 2 is 2.22 bits per heavy atom. The van der Waals surface area contributed by atoms with Crippen molar-refractivity contribution < 1.29 is 0 Å². The zero-order valence-electron chi connectivity index (χ0n) is 10.6. The normalized spacial score (nSPS) is 18.8. The van der Waals surface area contributed by atoms with Gasteiger partial charge in [0.25, 0.3) is 0 Å². The summed E-state index contributed by atoms with van der Waals surface area (Å²) in [5.41, 5.74) is 10.0. The molecule has 0 saturated carbocycles. The Hall–Kier alpha value is -1.81. The molecule has 1 atom stereocenters. The van der Waals surface area contributed by atoms with Gasteiger partial charge in [-0.05, 0) is 18.1 Å². The molecule has 0 bridgehead atoms. The van der Waals surface area contributed by atoms with Crippen LogP contribution in [0.3, 0.4) is 0 Å². The first kappa shape index (κ1) is 11.3. The van der Waals surface area contributed by atoms with Gasteiger partial charge in [-0.25, -0.2) is 4.98 Å². The molecule has 0 fully saturated rings. The van der Waals surface area contributed by atoms with Gasteiger partial charge in [0.15, 0.2) is 0 Å². The highest BCUT2D eigenvalue weighted by molar-refractivity contribution is 5.56. The smallest absolute Gasteiger partial charge is 0.0946 e. The number of para-hydroxylation sites is 1. The van der Waals surface area contributed by atoms with Crippen molar-refractivity contribution in [3.8, 4) is 0 Å². The van der Waals surface area contributed by atoms with Gasteiger partial charge in [-0.15, -0.1) is 0 Å². The molecule has 1 aromatic carbocycles. The second-order valence-electron chi connectivity index (χ2n) is 4.97. The number of aromatic nitrogens is 2. The molecule has 0 saturated heterocycles. The monoisotopic (exact) mass is 242 g/mol. The predicted molar refractivity (Wildman–Crippen MR) is 72.4 cm³/mol. The van der Waals surface area contributed by atoms with E-state index in [0.29, 0.717) is 0 Å². The van der Waals surface area contributed by atoms with Crippen LogP contribution < -0.4 is 10.6 Å². The molecule has 1 aliphatic heterocycles. The van der Waals surface area contributed by atoms with Crippen molar-refractivity contribution in [2.75, 3.05) is 11.4 Å². The lowest BCUT2D eigenvalue weighted by molar-refractivity contribution is 0.590. The number of hydrogen-bond acceptors (Lipinski definition) is 3. The minimum Gasteiger partial charge on any atom is -0.364 e. The molecule has 3 rings (SSSR count). The van der Waals surface area contributed by atoms with Crippen LogP contribution in [0.5, 0.6) is 0 Å². The van der Waals surface area contributed by atoms with Crippen LogP contribution in [-0.4, -0.2) is 22.1 Å². The summed E-state index contributed by atoms with van der Waals surface area (Å²) >= 11 is 0. The van der Waals surface area contributed by atoms with Crippen LogP contribution in [0.1, 0.15) is 11.3 Å². The Labute approximate surface area is 107 Å². The summed E-state index contributed by atoms with van der Waals surface area (Å²) in [6.07, 6.45) is 4.73. The quantitative estimate of drug-likeness (QED) is 0.863. The zero-order chi connectivity index (χ0) is 12.5. The molecule has 0 radical (unpaired) electrons. The third-order valence-corrected chi connectivity index (χ3v) is 3.54. The molecule has 0 amide bonds. The molecule has 2 aromatic rings. The molecule has 1 aromatic heterocycles. The Morgan fingerprint density at radius 1 is 1.39 bits per heavy atom. The van der Waals surface area contributed by atoms with Crippen molar-refractivity contribution in [3.05, 3.63) is 48.0 Å². The standard InChI is InChI=1S/C14H18N4/c1-17-10-16-7-13(17)9-18-8-12(15)6-11-4-2-3-5-14(11)18/h2-5,7,10,12H,6,8-9,15H2,1H3. The summed E-state index contributed by atoms with van der Waals surface area (Å²) in [4.78, 5) is 6.51. The highest BCUT2D eigenvalue weighted by Crippen LogP contribution is 2.27. The topological polar surface area (TPSA) is 47.1 Å². The van der Waals surface area contributed by atoms with E-state index in [1.807, 2.05) is 19.6 Å². The van der Waals surface area contributed by atoms with E-state index >= 15 is 0 Å². The van der Waals surface area contributed by atoms with Crippen molar-refractivity contribution in [1.82, 2.24) is 9.55 Å². The Kier molecular flexibility index (Phi) is 2.80. The molecule has 4 heteroatoms. The zero-order valence-corrected chi connectivity index (χ0v) is 10.6. The number of imidazole rings is 1. The lowest BCUT2D eigenvalue weighted by atomic mass is 9.98. The van der Waals surface area contributed by atoms with E-state index in [2.05, 4.69) is 38.7 Å². The average molecular weight is 242 g/mol. The fraction of sp³-hybridized carbons (Fsp3) is 0.357. The van der Waals surface area contributed by atoms with Crippen molar-refractivity contribution in [2.45, 2.75) is 19.0 Å². The Morgan fingerprint density at radius 3 is 3.00 bits per heavy atom. The fourth-order valence-electron chi connectivity index (χ4n) is 2.60. The first-order valence-corrected chi connectivity index (χ1v) is 6.27. The van der Waals surface area contributed by atoms with Crippen LogP contribution >= 0.6 is 0 Å². The summed E-state index contributed by atoms with van der Waals surface area (Å²) in [5.74, 6) is 0. The third-order valence-electron chi connectivity index (χ3n) is 3.54. The SMILES string of the molecule is Cn1cncc1CN1CC(N)Cc2ccccc21. The maximum atomic E-state index is 6.14. The summed E-state index contributed by atoms with van der Waals surface area (Å²) in [6, 6.07) is 8.74. The number of nitrogens with two attached hydrogens (primary N) is 1. The molecule has 0 aliphatic carbocycles. The fourth-order valence-corrected chi connectivity index (χ4v) is 2.60. The van der Waals surface area contributed by atoms with E-state index in [-0.39, 0.29) is 6.04 Å². The van der Waals surface area contributed by atoms with Gasteiger partial charge in [-0.2, -0.15) is 0 Å². The van der Waals surface area contributed by atoms with Gasteiger partial charge in [0, 0.05) is 31.5 Å². The first-order valence-electron chi connectivity index (χ1n) is 6.27. The van der Waals surface area contributed by atoms with Gasteiger partial charge in [0.1, 0.15) is 0 Å². The maximum absolute atomic E-state index is 6.14. The van der Waals surface area contributed by atoms with Crippen molar-refractivity contribution in [1.29, 1.82) is 0 Å². The van der Waals surface area contributed by atoms with Gasteiger partial charge in [0.2, 0.25) is 0 Å². The van der Waals surface area contributed by atoms with E-state index in [4.69, 9.17) is 5.73 Å². The van der Waals surface area contributed by atoms with E-state index in [9.17, 15) is 0 Å². The van der Waals surface area contributed by atoms with Crippen LogP contribution in [0.4, 0.5) is 5.69 Å². The van der Waals surface area contributed by atoms with Crippen molar-refractivity contribution >= 4 is 5.69 Å². The van der Waals surface area contributed by atoms with Crippen LogP contribution in [0.25, 0.3) is 0 Å². The highest BCUT2D eigenvalue weighted by atomic mass is 15.2. The number of benzene rings is 1. The van der Waals surface area contributed by atoms with Crippen molar-refractivity contribution in [3.63, 3.8) is 0 Å². The lowest BCUT2D eigenvalue weighted by Gasteiger charge is -2.34. The van der Waals surface area contributed by atoms with E-state index in [1.54, 1.807) is 0 Å². The second kappa shape index (κ2) is 4.46. The van der Waals surface area contributed by atoms with Crippen LogP contribution in [0.15, 0.2) is 36.8 Å². The van der Waals surface area contributed by atoms with E-state index < -0.39 is 0 Å². The largest absolute Gasteiger partial charge is 0.364 e. The molecule has 2 heterocycles. The van der Waals surface area contributed by atoms with Crippen LogP contribution in [0.2, 0.25) is 0 Å². The Balaban J connectivity index is 1.91. The lowest BCUT2D eigenvalue weighted by Crippen LogP contribution is -2.43. The number of anilines is 1. The summed E-state index contributed by atoms with van der Waals surface area (Å²) in [7, 11) is 2.03. The molecule has 0 spiro atoms. The summed E-state index contributed by atoms with van der Waals surface area (Å²) < 4.78 is 2.06. The predicted octanol–water partition coefficient (Wildman–Crippen LogP) is 1.31. The first-order chi connectivity index (χ1) is 8.74. The number of fused-ring (bicyclic) bond motifs is 1. The average Bonchev–Trinajstić information content (AvgIpc) is 2.75. The highest BCUT2D eigenvalue weighted by Gasteiger charge is 2.22. The molecular weight excluding hydrogens is 224 g/mol. The Bertz CT molecular complexity index is 546. The molecule has 1 aliphatic rings. The molecule has 94 valence electrons. The molecule has 2 N–H and O–H groups in total.